The molecule has 3 rings (SSSR count). The smallest absolute Gasteiger partial charge is 0.258 e. The molecule has 1 amide bonds. The first-order valence-electron chi connectivity index (χ1n) is 6.96. The van der Waals surface area contributed by atoms with Gasteiger partial charge >= 0.3 is 0 Å². The van der Waals surface area contributed by atoms with Crippen LogP contribution in [0.3, 0.4) is 0 Å². The first-order valence-corrected chi connectivity index (χ1v) is 6.96. The van der Waals surface area contributed by atoms with E-state index < -0.39 is 0 Å². The largest absolute Gasteiger partial charge is 0.312 e. The first-order chi connectivity index (χ1) is 10.1. The SMILES string of the molecule is Cc1nnc(NC(=O)c2cccc3c2CCNC3)nc1C. The Labute approximate surface area is 123 Å². The van der Waals surface area contributed by atoms with Crippen LogP contribution in [0.1, 0.15) is 32.9 Å². The van der Waals surface area contributed by atoms with Crippen molar-refractivity contribution < 1.29 is 4.79 Å². The topological polar surface area (TPSA) is 79.8 Å². The van der Waals surface area contributed by atoms with Crippen molar-refractivity contribution in [2.24, 2.45) is 0 Å². The van der Waals surface area contributed by atoms with Crippen molar-refractivity contribution in [2.45, 2.75) is 26.8 Å². The highest BCUT2D eigenvalue weighted by atomic mass is 16.1. The molecular weight excluding hydrogens is 266 g/mol. The molecule has 0 radical (unpaired) electrons. The Morgan fingerprint density at radius 2 is 2.10 bits per heavy atom. The van der Waals surface area contributed by atoms with Gasteiger partial charge < -0.3 is 5.32 Å². The van der Waals surface area contributed by atoms with Crippen LogP contribution >= 0.6 is 0 Å². The molecular formula is C15H17N5O. The van der Waals surface area contributed by atoms with E-state index in [-0.39, 0.29) is 11.9 Å². The molecule has 1 aliphatic heterocycles. The molecule has 0 spiro atoms. The van der Waals surface area contributed by atoms with Crippen molar-refractivity contribution in [2.75, 3.05) is 11.9 Å². The minimum absolute atomic E-state index is 0.182. The number of hydrogen-bond donors (Lipinski definition) is 2. The molecule has 6 heteroatoms. The number of nitrogens with zero attached hydrogens (tertiary/aromatic N) is 3. The summed E-state index contributed by atoms with van der Waals surface area (Å²) in [6.07, 6.45) is 0.852. The van der Waals surface area contributed by atoms with Gasteiger partial charge in [0, 0.05) is 12.1 Å². The van der Waals surface area contributed by atoms with E-state index in [1.165, 1.54) is 5.56 Å². The number of fused-ring (bicyclic) bond motifs is 1. The fraction of sp³-hybridized carbons (Fsp3) is 0.333. The highest BCUT2D eigenvalue weighted by Gasteiger charge is 2.18. The van der Waals surface area contributed by atoms with Gasteiger partial charge in [0.05, 0.1) is 11.4 Å². The Morgan fingerprint density at radius 1 is 1.24 bits per heavy atom. The maximum Gasteiger partial charge on any atom is 0.258 e. The summed E-state index contributed by atoms with van der Waals surface area (Å²) in [5.74, 6) is 0.0634. The van der Waals surface area contributed by atoms with Crippen molar-refractivity contribution in [1.29, 1.82) is 0 Å². The maximum atomic E-state index is 12.4. The summed E-state index contributed by atoms with van der Waals surface area (Å²) < 4.78 is 0. The quantitative estimate of drug-likeness (QED) is 0.870. The minimum atomic E-state index is -0.182. The lowest BCUT2D eigenvalue weighted by Crippen LogP contribution is -2.27. The average molecular weight is 283 g/mol. The zero-order valence-electron chi connectivity index (χ0n) is 12.1. The number of rotatable bonds is 2. The highest BCUT2D eigenvalue weighted by Crippen LogP contribution is 2.19. The van der Waals surface area contributed by atoms with E-state index in [1.807, 2.05) is 32.0 Å². The molecule has 21 heavy (non-hydrogen) atoms. The van der Waals surface area contributed by atoms with Crippen molar-refractivity contribution in [3.8, 4) is 0 Å². The maximum absolute atomic E-state index is 12.4. The van der Waals surface area contributed by atoms with E-state index in [0.29, 0.717) is 5.56 Å². The van der Waals surface area contributed by atoms with Gasteiger partial charge in [-0.1, -0.05) is 12.1 Å². The van der Waals surface area contributed by atoms with Crippen LogP contribution < -0.4 is 10.6 Å². The fourth-order valence-corrected chi connectivity index (χ4v) is 2.42. The molecule has 108 valence electrons. The van der Waals surface area contributed by atoms with Crippen LogP contribution in [0.25, 0.3) is 0 Å². The average Bonchev–Trinajstić information content (AvgIpc) is 2.50. The first kappa shape index (κ1) is 13.6. The Hall–Kier alpha value is -2.34. The van der Waals surface area contributed by atoms with Crippen LogP contribution in [-0.2, 0) is 13.0 Å². The molecule has 0 saturated carbocycles. The monoisotopic (exact) mass is 283 g/mol. The molecule has 1 aliphatic rings. The summed E-state index contributed by atoms with van der Waals surface area (Å²) in [5, 5.41) is 13.9. The third-order valence-corrected chi connectivity index (χ3v) is 3.70. The van der Waals surface area contributed by atoms with Gasteiger partial charge in [-0.2, -0.15) is 5.10 Å². The predicted octanol–water partition coefficient (Wildman–Crippen LogP) is 1.39. The minimum Gasteiger partial charge on any atom is -0.312 e. The van der Waals surface area contributed by atoms with Gasteiger partial charge in [-0.05, 0) is 44.0 Å². The second-order valence-corrected chi connectivity index (χ2v) is 5.13. The molecule has 1 aromatic heterocycles. The molecule has 1 aromatic carbocycles. The van der Waals surface area contributed by atoms with Crippen LogP contribution in [0.5, 0.6) is 0 Å². The second-order valence-electron chi connectivity index (χ2n) is 5.13. The fourth-order valence-electron chi connectivity index (χ4n) is 2.42. The number of benzene rings is 1. The Morgan fingerprint density at radius 3 is 2.90 bits per heavy atom. The third kappa shape index (κ3) is 2.75. The number of aromatic nitrogens is 3. The summed E-state index contributed by atoms with van der Waals surface area (Å²) >= 11 is 0. The molecule has 0 atom stereocenters. The molecule has 0 unspecified atom stereocenters. The summed E-state index contributed by atoms with van der Waals surface area (Å²) in [6, 6.07) is 5.79. The summed E-state index contributed by atoms with van der Waals surface area (Å²) in [7, 11) is 0. The number of carbonyl (C=O) groups excluding carboxylic acids is 1. The predicted molar refractivity (Wildman–Crippen MR) is 79.1 cm³/mol. The number of aryl methyl sites for hydroxylation is 2. The second kappa shape index (κ2) is 5.57. The molecule has 0 saturated heterocycles. The van der Waals surface area contributed by atoms with E-state index in [4.69, 9.17) is 0 Å². The van der Waals surface area contributed by atoms with Gasteiger partial charge in [0.2, 0.25) is 5.95 Å². The van der Waals surface area contributed by atoms with Gasteiger partial charge in [0.1, 0.15) is 0 Å². The lowest BCUT2D eigenvalue weighted by atomic mass is 9.95. The number of amides is 1. The molecule has 0 aliphatic carbocycles. The van der Waals surface area contributed by atoms with E-state index >= 15 is 0 Å². The van der Waals surface area contributed by atoms with Gasteiger partial charge in [-0.25, -0.2) is 4.98 Å². The van der Waals surface area contributed by atoms with E-state index in [9.17, 15) is 4.79 Å². The highest BCUT2D eigenvalue weighted by molar-refractivity contribution is 6.04. The lowest BCUT2D eigenvalue weighted by Gasteiger charge is -2.19. The number of hydrogen-bond acceptors (Lipinski definition) is 5. The number of carbonyl (C=O) groups is 1. The van der Waals surface area contributed by atoms with Crippen molar-refractivity contribution in [1.82, 2.24) is 20.5 Å². The van der Waals surface area contributed by atoms with Gasteiger partial charge in [0.15, 0.2) is 0 Å². The van der Waals surface area contributed by atoms with E-state index in [2.05, 4.69) is 25.8 Å². The summed E-state index contributed by atoms with van der Waals surface area (Å²) in [5.41, 5.74) is 4.49. The van der Waals surface area contributed by atoms with Crippen LogP contribution in [0.4, 0.5) is 5.95 Å². The van der Waals surface area contributed by atoms with Gasteiger partial charge in [0.25, 0.3) is 5.91 Å². The Balaban J connectivity index is 1.87. The molecule has 2 N–H and O–H groups in total. The van der Waals surface area contributed by atoms with Crippen molar-refractivity contribution in [3.63, 3.8) is 0 Å². The number of nitrogens with one attached hydrogen (secondary N) is 2. The van der Waals surface area contributed by atoms with E-state index in [1.54, 1.807) is 0 Å². The van der Waals surface area contributed by atoms with Crippen molar-refractivity contribution >= 4 is 11.9 Å². The standard InChI is InChI=1S/C15H17N5O/c1-9-10(2)19-20-15(17-9)18-14(21)13-5-3-4-11-8-16-7-6-12(11)13/h3-5,16H,6-8H2,1-2H3,(H,17,18,20,21). The Kier molecular flexibility index (Phi) is 3.62. The van der Waals surface area contributed by atoms with Gasteiger partial charge in [-0.3, -0.25) is 10.1 Å². The molecule has 0 bridgehead atoms. The zero-order valence-corrected chi connectivity index (χ0v) is 12.1. The van der Waals surface area contributed by atoms with Crippen LogP contribution in [-0.4, -0.2) is 27.6 Å². The number of anilines is 1. The summed E-state index contributed by atoms with van der Waals surface area (Å²) in [6.45, 7) is 5.37. The molecule has 2 aromatic rings. The van der Waals surface area contributed by atoms with Crippen LogP contribution in [0.2, 0.25) is 0 Å². The molecule has 0 fully saturated rings. The molecule has 6 nitrogen and oxygen atoms in total. The zero-order chi connectivity index (χ0) is 14.8. The lowest BCUT2D eigenvalue weighted by molar-refractivity contribution is 0.102. The van der Waals surface area contributed by atoms with Gasteiger partial charge in [-0.15, -0.1) is 5.10 Å². The van der Waals surface area contributed by atoms with Crippen molar-refractivity contribution in [3.05, 3.63) is 46.3 Å². The van der Waals surface area contributed by atoms with Crippen LogP contribution in [0.15, 0.2) is 18.2 Å². The van der Waals surface area contributed by atoms with Crippen LogP contribution in [0, 0.1) is 13.8 Å². The Bertz CT molecular complexity index is 698. The van der Waals surface area contributed by atoms with E-state index in [0.717, 1.165) is 36.5 Å². The third-order valence-electron chi connectivity index (χ3n) is 3.70. The molecule has 2 heterocycles. The normalized spacial score (nSPS) is 13.6. The summed E-state index contributed by atoms with van der Waals surface area (Å²) in [4.78, 5) is 16.7.